The fraction of sp³-hybridized carbons (Fsp3) is 0.500. The highest BCUT2D eigenvalue weighted by molar-refractivity contribution is 7.99. The van der Waals surface area contributed by atoms with Gasteiger partial charge in [0.2, 0.25) is 11.8 Å². The highest BCUT2D eigenvalue weighted by atomic mass is 32.2. The summed E-state index contributed by atoms with van der Waals surface area (Å²) in [5.74, 6) is 0.451. The van der Waals surface area contributed by atoms with Gasteiger partial charge in [-0.1, -0.05) is 12.1 Å². The second-order valence-electron chi connectivity index (χ2n) is 5.88. The van der Waals surface area contributed by atoms with Gasteiger partial charge in [-0.15, -0.1) is 11.8 Å². The van der Waals surface area contributed by atoms with Crippen molar-refractivity contribution >= 4 is 29.3 Å². The summed E-state index contributed by atoms with van der Waals surface area (Å²) < 4.78 is 0. The van der Waals surface area contributed by atoms with Crippen molar-refractivity contribution in [2.75, 3.05) is 44.3 Å². The van der Waals surface area contributed by atoms with Crippen LogP contribution >= 0.6 is 11.8 Å². The normalized spacial score (nSPS) is 22.7. The van der Waals surface area contributed by atoms with Gasteiger partial charge in [-0.3, -0.25) is 9.59 Å². The maximum Gasteiger partial charge on any atom is 0.228 e. The fourth-order valence-electron chi connectivity index (χ4n) is 2.74. The molecule has 0 aliphatic carbocycles. The first kappa shape index (κ1) is 15.4. The van der Waals surface area contributed by atoms with Crippen LogP contribution in [0.3, 0.4) is 0 Å². The van der Waals surface area contributed by atoms with Crippen molar-refractivity contribution in [3.05, 3.63) is 24.3 Å². The molecule has 0 radical (unpaired) electrons. The summed E-state index contributed by atoms with van der Waals surface area (Å²) >= 11 is 1.65. The van der Waals surface area contributed by atoms with Crippen LogP contribution in [0.15, 0.2) is 29.2 Å². The molecule has 2 aliphatic heterocycles. The standard InChI is InChI=1S/C16H21N3O2S/c1-18-6-8-19(9-7-18)15(20)10-12-11-22-14-5-3-2-4-13(14)17-16(12)21/h2-5,12H,6-11H2,1H3,(H,17,21)/t12-/m0/s1. The van der Waals surface area contributed by atoms with Gasteiger partial charge < -0.3 is 15.1 Å². The first-order valence-electron chi connectivity index (χ1n) is 7.62. The molecule has 3 rings (SSSR count). The number of nitrogens with zero attached hydrogens (tertiary/aromatic N) is 2. The van der Waals surface area contributed by atoms with Crippen LogP contribution in [0.1, 0.15) is 6.42 Å². The molecule has 1 N–H and O–H groups in total. The Labute approximate surface area is 135 Å². The third kappa shape index (κ3) is 3.44. The number of carbonyl (C=O) groups excluding carboxylic acids is 2. The zero-order chi connectivity index (χ0) is 15.5. The van der Waals surface area contributed by atoms with Crippen molar-refractivity contribution in [3.8, 4) is 0 Å². The van der Waals surface area contributed by atoms with Gasteiger partial charge in [0.15, 0.2) is 0 Å². The molecule has 118 valence electrons. The van der Waals surface area contributed by atoms with Crippen LogP contribution in [0.2, 0.25) is 0 Å². The average Bonchev–Trinajstić information content (AvgIpc) is 2.67. The Balaban J connectivity index is 1.61. The molecule has 2 aliphatic rings. The SMILES string of the molecule is CN1CCN(C(=O)C[C@H]2CSc3ccccc3NC2=O)CC1. The van der Waals surface area contributed by atoms with Crippen molar-refractivity contribution in [2.24, 2.45) is 5.92 Å². The van der Waals surface area contributed by atoms with Gasteiger partial charge in [0.05, 0.1) is 11.6 Å². The number of fused-ring (bicyclic) bond motifs is 1. The summed E-state index contributed by atoms with van der Waals surface area (Å²) in [6.07, 6.45) is 0.302. The van der Waals surface area contributed by atoms with Crippen LogP contribution in [0.4, 0.5) is 5.69 Å². The lowest BCUT2D eigenvalue weighted by molar-refractivity contribution is -0.135. The molecule has 0 unspecified atom stereocenters. The molecule has 1 saturated heterocycles. The summed E-state index contributed by atoms with van der Waals surface area (Å²) in [7, 11) is 2.06. The number of anilines is 1. The fourth-order valence-corrected chi connectivity index (χ4v) is 3.84. The van der Waals surface area contributed by atoms with E-state index in [9.17, 15) is 9.59 Å². The minimum Gasteiger partial charge on any atom is -0.340 e. The topological polar surface area (TPSA) is 52.6 Å². The number of hydrogen-bond acceptors (Lipinski definition) is 4. The van der Waals surface area contributed by atoms with E-state index in [0.29, 0.717) is 12.2 Å². The predicted molar refractivity (Wildman–Crippen MR) is 88.0 cm³/mol. The number of nitrogens with one attached hydrogen (secondary N) is 1. The Morgan fingerprint density at radius 3 is 2.77 bits per heavy atom. The average molecular weight is 319 g/mol. The third-order valence-electron chi connectivity index (χ3n) is 4.23. The van der Waals surface area contributed by atoms with Crippen LogP contribution in [-0.2, 0) is 9.59 Å². The Kier molecular flexibility index (Phi) is 4.69. The van der Waals surface area contributed by atoms with Crippen LogP contribution in [-0.4, -0.2) is 60.6 Å². The van der Waals surface area contributed by atoms with E-state index in [1.807, 2.05) is 29.2 Å². The second kappa shape index (κ2) is 6.71. The number of carbonyl (C=O) groups is 2. The van der Waals surface area contributed by atoms with E-state index in [4.69, 9.17) is 0 Å². The third-order valence-corrected chi connectivity index (χ3v) is 5.47. The number of rotatable bonds is 2. The van der Waals surface area contributed by atoms with E-state index in [-0.39, 0.29) is 17.7 Å². The van der Waals surface area contributed by atoms with Gasteiger partial charge in [-0.05, 0) is 19.2 Å². The van der Waals surface area contributed by atoms with Gasteiger partial charge in [-0.25, -0.2) is 0 Å². The lowest BCUT2D eigenvalue weighted by atomic mass is 10.1. The Bertz CT molecular complexity index is 570. The maximum absolute atomic E-state index is 12.4. The molecular formula is C16H21N3O2S. The van der Waals surface area contributed by atoms with Crippen molar-refractivity contribution in [1.29, 1.82) is 0 Å². The van der Waals surface area contributed by atoms with Crippen molar-refractivity contribution < 1.29 is 9.59 Å². The number of para-hydroxylation sites is 1. The number of thioether (sulfide) groups is 1. The Morgan fingerprint density at radius 2 is 2.00 bits per heavy atom. The van der Waals surface area contributed by atoms with Crippen molar-refractivity contribution in [1.82, 2.24) is 9.80 Å². The van der Waals surface area contributed by atoms with E-state index >= 15 is 0 Å². The molecular weight excluding hydrogens is 298 g/mol. The monoisotopic (exact) mass is 319 g/mol. The first-order valence-corrected chi connectivity index (χ1v) is 8.61. The van der Waals surface area contributed by atoms with Gasteiger partial charge in [0.25, 0.3) is 0 Å². The van der Waals surface area contributed by atoms with Crippen molar-refractivity contribution in [3.63, 3.8) is 0 Å². The van der Waals surface area contributed by atoms with Crippen LogP contribution in [0, 0.1) is 5.92 Å². The van der Waals surface area contributed by atoms with E-state index in [1.165, 1.54) is 0 Å². The molecule has 2 heterocycles. The highest BCUT2D eigenvalue weighted by Gasteiger charge is 2.29. The zero-order valence-electron chi connectivity index (χ0n) is 12.7. The number of piperazine rings is 1. The molecule has 2 amide bonds. The molecule has 6 heteroatoms. The molecule has 1 aromatic carbocycles. The predicted octanol–water partition coefficient (Wildman–Crippen LogP) is 1.51. The summed E-state index contributed by atoms with van der Waals surface area (Å²) in [4.78, 5) is 29.9. The van der Waals surface area contributed by atoms with Gasteiger partial charge in [-0.2, -0.15) is 0 Å². The lowest BCUT2D eigenvalue weighted by Crippen LogP contribution is -2.48. The number of likely N-dealkylation sites (N-methyl/N-ethyl adjacent to an activating group) is 1. The Morgan fingerprint density at radius 1 is 1.27 bits per heavy atom. The molecule has 22 heavy (non-hydrogen) atoms. The number of hydrogen-bond donors (Lipinski definition) is 1. The van der Waals surface area contributed by atoms with E-state index < -0.39 is 0 Å². The molecule has 0 spiro atoms. The summed E-state index contributed by atoms with van der Waals surface area (Å²) in [5, 5.41) is 2.95. The van der Waals surface area contributed by atoms with Gasteiger partial charge in [0.1, 0.15) is 0 Å². The van der Waals surface area contributed by atoms with Gasteiger partial charge in [0, 0.05) is 43.2 Å². The number of amides is 2. The summed E-state index contributed by atoms with van der Waals surface area (Å²) in [5.41, 5.74) is 0.854. The van der Waals surface area contributed by atoms with E-state index in [1.54, 1.807) is 11.8 Å². The summed E-state index contributed by atoms with van der Waals surface area (Å²) in [6, 6.07) is 7.79. The minimum atomic E-state index is -0.260. The van der Waals surface area contributed by atoms with E-state index in [2.05, 4.69) is 17.3 Å². The minimum absolute atomic E-state index is 0.0417. The van der Waals surface area contributed by atoms with E-state index in [0.717, 1.165) is 36.8 Å². The van der Waals surface area contributed by atoms with Crippen LogP contribution < -0.4 is 5.32 Å². The molecule has 1 aromatic rings. The lowest BCUT2D eigenvalue weighted by Gasteiger charge is -2.33. The molecule has 0 bridgehead atoms. The number of benzene rings is 1. The molecule has 1 fully saturated rings. The second-order valence-corrected chi connectivity index (χ2v) is 6.94. The summed E-state index contributed by atoms with van der Waals surface area (Å²) in [6.45, 7) is 3.33. The maximum atomic E-state index is 12.4. The first-order chi connectivity index (χ1) is 10.6. The quantitative estimate of drug-likeness (QED) is 0.898. The van der Waals surface area contributed by atoms with Crippen LogP contribution in [0.5, 0.6) is 0 Å². The largest absolute Gasteiger partial charge is 0.340 e. The zero-order valence-corrected chi connectivity index (χ0v) is 13.6. The highest BCUT2D eigenvalue weighted by Crippen LogP contribution is 2.33. The smallest absolute Gasteiger partial charge is 0.228 e. The molecule has 0 aromatic heterocycles. The van der Waals surface area contributed by atoms with Crippen LogP contribution in [0.25, 0.3) is 0 Å². The molecule has 0 saturated carbocycles. The van der Waals surface area contributed by atoms with Crippen molar-refractivity contribution in [2.45, 2.75) is 11.3 Å². The Hall–Kier alpha value is -1.53. The van der Waals surface area contributed by atoms with Gasteiger partial charge >= 0.3 is 0 Å². The molecule has 1 atom stereocenters. The molecule has 5 nitrogen and oxygen atoms in total.